The number of hydrogen-bond donors (Lipinski definition) is 1. The molecule has 1 aliphatic heterocycles. The van der Waals surface area contributed by atoms with Crippen molar-refractivity contribution >= 4 is 5.82 Å². The van der Waals surface area contributed by atoms with Crippen LogP contribution in [0, 0.1) is 13.8 Å². The summed E-state index contributed by atoms with van der Waals surface area (Å²) in [7, 11) is 0. The molecule has 7 nitrogen and oxygen atoms in total. The molecule has 0 amide bonds. The number of anilines is 1. The third-order valence-electron chi connectivity index (χ3n) is 5.68. The minimum absolute atomic E-state index is 0.347. The molecule has 0 aliphatic carbocycles. The number of aromatic nitrogens is 2. The van der Waals surface area contributed by atoms with E-state index in [0.29, 0.717) is 18.1 Å². The number of nitrogens with one attached hydrogen (secondary N) is 1. The molecule has 1 aliphatic rings. The lowest BCUT2D eigenvalue weighted by Gasteiger charge is -2.26. The van der Waals surface area contributed by atoms with Crippen LogP contribution in [0.3, 0.4) is 0 Å². The van der Waals surface area contributed by atoms with E-state index in [0.717, 1.165) is 56.1 Å². The smallest absolute Gasteiger partial charge is 0.341 e. The van der Waals surface area contributed by atoms with E-state index >= 15 is 0 Å². The van der Waals surface area contributed by atoms with Gasteiger partial charge in [0.2, 0.25) is 0 Å². The molecular formula is C25H30N4O3. The van der Waals surface area contributed by atoms with Crippen molar-refractivity contribution < 1.29 is 4.74 Å². The molecule has 4 rings (SSSR count). The Morgan fingerprint density at radius 1 is 0.875 bits per heavy atom. The van der Waals surface area contributed by atoms with Gasteiger partial charge in [-0.2, -0.15) is 0 Å². The summed E-state index contributed by atoms with van der Waals surface area (Å²) in [5, 5.41) is 3.33. The molecular weight excluding hydrogens is 404 g/mol. The highest BCUT2D eigenvalue weighted by molar-refractivity contribution is 5.48. The molecule has 0 radical (unpaired) electrons. The van der Waals surface area contributed by atoms with Gasteiger partial charge in [0.15, 0.2) is 0 Å². The molecule has 1 saturated heterocycles. The molecule has 1 aromatic heterocycles. The van der Waals surface area contributed by atoms with Crippen LogP contribution in [-0.4, -0.2) is 53.4 Å². The Bertz CT molecular complexity index is 1190. The van der Waals surface area contributed by atoms with Crippen molar-refractivity contribution in [1.29, 1.82) is 0 Å². The summed E-state index contributed by atoms with van der Waals surface area (Å²) < 4.78 is 8.22. The Labute approximate surface area is 187 Å². The van der Waals surface area contributed by atoms with Gasteiger partial charge >= 0.3 is 5.69 Å². The normalized spacial score (nSPS) is 14.4. The maximum atomic E-state index is 13.6. The molecule has 7 heteroatoms. The maximum absolute atomic E-state index is 13.6. The van der Waals surface area contributed by atoms with Crippen molar-refractivity contribution in [3.8, 4) is 11.4 Å². The topological polar surface area (TPSA) is 68.5 Å². The van der Waals surface area contributed by atoms with Crippen LogP contribution in [0.4, 0.5) is 5.82 Å². The van der Waals surface area contributed by atoms with Gasteiger partial charge in [-0.25, -0.2) is 13.9 Å². The predicted molar refractivity (Wildman–Crippen MR) is 127 cm³/mol. The average molecular weight is 435 g/mol. The average Bonchev–Trinajstić information content (AvgIpc) is 2.77. The van der Waals surface area contributed by atoms with Gasteiger partial charge in [-0.1, -0.05) is 24.3 Å². The van der Waals surface area contributed by atoms with Crippen LogP contribution in [-0.2, 0) is 4.74 Å². The standard InChI is InChI=1S/C25H30N4O3/c1-19-6-3-8-21(16-19)28-23(26-10-5-11-27-12-14-32-15-13-27)18-24(30)29(25(28)31)22-9-4-7-20(2)17-22/h3-4,6-9,16-18,26H,5,10-15H2,1-2H3. The summed E-state index contributed by atoms with van der Waals surface area (Å²) in [5.41, 5.74) is 2.60. The first kappa shape index (κ1) is 22.0. The highest BCUT2D eigenvalue weighted by Crippen LogP contribution is 2.15. The molecule has 1 N–H and O–H groups in total. The summed E-state index contributed by atoms with van der Waals surface area (Å²) in [4.78, 5) is 28.9. The number of rotatable bonds is 7. The van der Waals surface area contributed by atoms with Gasteiger partial charge in [0.1, 0.15) is 5.82 Å². The second-order valence-electron chi connectivity index (χ2n) is 8.23. The number of hydrogen-bond acceptors (Lipinski definition) is 5. The minimum Gasteiger partial charge on any atom is -0.379 e. The molecule has 3 aromatic rings. The number of ether oxygens (including phenoxy) is 1. The van der Waals surface area contributed by atoms with Crippen LogP contribution in [0.1, 0.15) is 17.5 Å². The maximum Gasteiger partial charge on any atom is 0.341 e. The lowest BCUT2D eigenvalue weighted by atomic mass is 10.2. The minimum atomic E-state index is -0.385. The van der Waals surface area contributed by atoms with Crippen molar-refractivity contribution in [2.24, 2.45) is 0 Å². The highest BCUT2D eigenvalue weighted by Gasteiger charge is 2.15. The number of aryl methyl sites for hydroxylation is 2. The fraction of sp³-hybridized carbons (Fsp3) is 0.360. The largest absolute Gasteiger partial charge is 0.379 e. The van der Waals surface area contributed by atoms with Crippen LogP contribution in [0.2, 0.25) is 0 Å². The van der Waals surface area contributed by atoms with E-state index in [1.165, 1.54) is 10.6 Å². The first-order chi connectivity index (χ1) is 15.5. The van der Waals surface area contributed by atoms with Crippen molar-refractivity contribution in [2.45, 2.75) is 20.3 Å². The molecule has 2 heterocycles. The van der Waals surface area contributed by atoms with Gasteiger partial charge < -0.3 is 10.1 Å². The SMILES string of the molecule is Cc1cccc(-n2c(NCCCN3CCOCC3)cc(=O)n(-c3cccc(C)c3)c2=O)c1. The third-order valence-corrected chi connectivity index (χ3v) is 5.68. The zero-order valence-electron chi connectivity index (χ0n) is 18.7. The summed E-state index contributed by atoms with van der Waals surface area (Å²) in [5.74, 6) is 0.511. The summed E-state index contributed by atoms with van der Waals surface area (Å²) >= 11 is 0. The van der Waals surface area contributed by atoms with Crippen molar-refractivity contribution in [3.05, 3.63) is 86.6 Å². The Balaban J connectivity index is 1.67. The first-order valence-electron chi connectivity index (χ1n) is 11.1. The van der Waals surface area contributed by atoms with Crippen molar-refractivity contribution in [1.82, 2.24) is 14.0 Å². The van der Waals surface area contributed by atoms with Crippen LogP contribution >= 0.6 is 0 Å². The second kappa shape index (κ2) is 9.97. The third kappa shape index (κ3) is 5.00. The molecule has 2 aromatic carbocycles. The zero-order valence-corrected chi connectivity index (χ0v) is 18.7. The van der Waals surface area contributed by atoms with Gasteiger partial charge in [0, 0.05) is 25.7 Å². The Morgan fingerprint density at radius 2 is 1.50 bits per heavy atom. The second-order valence-corrected chi connectivity index (χ2v) is 8.23. The number of benzene rings is 2. The molecule has 0 spiro atoms. The van der Waals surface area contributed by atoms with Crippen LogP contribution < -0.4 is 16.6 Å². The molecule has 0 unspecified atom stereocenters. The van der Waals surface area contributed by atoms with E-state index in [1.807, 2.05) is 56.3 Å². The molecule has 32 heavy (non-hydrogen) atoms. The molecule has 168 valence electrons. The summed E-state index contributed by atoms with van der Waals surface area (Å²) in [6.07, 6.45) is 0.906. The van der Waals surface area contributed by atoms with E-state index in [1.54, 1.807) is 10.6 Å². The number of morpholine rings is 1. The van der Waals surface area contributed by atoms with Gasteiger partial charge in [0.25, 0.3) is 5.56 Å². The van der Waals surface area contributed by atoms with E-state index < -0.39 is 0 Å². The molecule has 0 atom stereocenters. The van der Waals surface area contributed by atoms with Gasteiger partial charge in [0.05, 0.1) is 24.6 Å². The van der Waals surface area contributed by atoms with Crippen molar-refractivity contribution in [2.75, 3.05) is 44.7 Å². The Morgan fingerprint density at radius 3 is 2.12 bits per heavy atom. The molecule has 1 fully saturated rings. The van der Waals surface area contributed by atoms with Crippen LogP contribution in [0.5, 0.6) is 0 Å². The Kier molecular flexibility index (Phi) is 6.87. The van der Waals surface area contributed by atoms with Crippen LogP contribution in [0.15, 0.2) is 64.2 Å². The fourth-order valence-corrected chi connectivity index (χ4v) is 4.04. The van der Waals surface area contributed by atoms with E-state index in [-0.39, 0.29) is 11.2 Å². The van der Waals surface area contributed by atoms with Crippen LogP contribution in [0.25, 0.3) is 11.4 Å². The zero-order chi connectivity index (χ0) is 22.5. The van der Waals surface area contributed by atoms with E-state index in [4.69, 9.17) is 4.74 Å². The lowest BCUT2D eigenvalue weighted by molar-refractivity contribution is 0.0378. The Hall–Kier alpha value is -3.16. The van der Waals surface area contributed by atoms with Gasteiger partial charge in [-0.15, -0.1) is 0 Å². The van der Waals surface area contributed by atoms with E-state index in [2.05, 4.69) is 10.2 Å². The lowest BCUT2D eigenvalue weighted by Crippen LogP contribution is -2.39. The van der Waals surface area contributed by atoms with Gasteiger partial charge in [-0.05, 0) is 62.2 Å². The quantitative estimate of drug-likeness (QED) is 0.579. The fourth-order valence-electron chi connectivity index (χ4n) is 4.04. The van der Waals surface area contributed by atoms with Gasteiger partial charge in [-0.3, -0.25) is 9.69 Å². The highest BCUT2D eigenvalue weighted by atomic mass is 16.5. The number of nitrogens with zero attached hydrogens (tertiary/aromatic N) is 3. The monoisotopic (exact) mass is 434 g/mol. The molecule has 0 saturated carbocycles. The van der Waals surface area contributed by atoms with E-state index in [9.17, 15) is 9.59 Å². The first-order valence-corrected chi connectivity index (χ1v) is 11.1. The summed E-state index contributed by atoms with van der Waals surface area (Å²) in [6, 6.07) is 16.7. The molecule has 0 bridgehead atoms. The van der Waals surface area contributed by atoms with Crippen molar-refractivity contribution in [3.63, 3.8) is 0 Å². The predicted octanol–water partition coefficient (Wildman–Crippen LogP) is 2.74. The summed E-state index contributed by atoms with van der Waals surface area (Å²) in [6.45, 7) is 8.98.